The van der Waals surface area contributed by atoms with Crippen LogP contribution in [0.2, 0.25) is 0 Å². The number of amides is 1. The van der Waals surface area contributed by atoms with Gasteiger partial charge >= 0.3 is 0 Å². The Kier molecular flexibility index (Phi) is 8.30. The average molecular weight is 516 g/mol. The van der Waals surface area contributed by atoms with Crippen LogP contribution >= 0.6 is 15.9 Å². The van der Waals surface area contributed by atoms with E-state index in [4.69, 9.17) is 9.47 Å². The summed E-state index contributed by atoms with van der Waals surface area (Å²) in [5.74, 6) is 0.697. The summed E-state index contributed by atoms with van der Waals surface area (Å²) in [4.78, 5) is 39.0. The third-order valence-electron chi connectivity index (χ3n) is 5.38. The highest BCUT2D eigenvalue weighted by atomic mass is 79.9. The second kappa shape index (κ2) is 11.0. The number of benzene rings is 2. The van der Waals surface area contributed by atoms with Crippen molar-refractivity contribution in [1.82, 2.24) is 0 Å². The normalized spacial score (nSPS) is 12.6. The van der Waals surface area contributed by atoms with Gasteiger partial charge in [-0.25, -0.2) is 0 Å². The van der Waals surface area contributed by atoms with Crippen LogP contribution in [0.3, 0.4) is 0 Å². The van der Waals surface area contributed by atoms with Crippen LogP contribution in [0.1, 0.15) is 72.4 Å². The van der Waals surface area contributed by atoms with Gasteiger partial charge in [-0.2, -0.15) is 0 Å². The summed E-state index contributed by atoms with van der Waals surface area (Å²) in [6.45, 7) is 9.20. The van der Waals surface area contributed by atoms with Gasteiger partial charge in [-0.1, -0.05) is 55.8 Å². The zero-order valence-electron chi connectivity index (χ0n) is 19.5. The first-order valence-corrected chi connectivity index (χ1v) is 12.4. The number of alkyl halides is 1. The van der Waals surface area contributed by atoms with E-state index in [1.807, 2.05) is 0 Å². The summed E-state index contributed by atoms with van der Waals surface area (Å²) in [5, 5.41) is 2.85. The molecule has 0 aliphatic heterocycles. The van der Waals surface area contributed by atoms with Crippen LogP contribution in [0.4, 0.5) is 5.69 Å². The number of ether oxygens (including phenoxy) is 2. The molecular weight excluding hydrogens is 486 g/mol. The van der Waals surface area contributed by atoms with E-state index in [1.54, 1.807) is 30.3 Å². The number of ketones is 2. The molecule has 1 aliphatic carbocycles. The minimum atomic E-state index is -0.308. The van der Waals surface area contributed by atoms with Crippen molar-refractivity contribution in [2.75, 3.05) is 23.9 Å². The third-order valence-corrected chi connectivity index (χ3v) is 5.89. The number of nitrogens with one attached hydrogen (secondary N) is 1. The molecule has 0 radical (unpaired) electrons. The van der Waals surface area contributed by atoms with Crippen LogP contribution in [0.25, 0.3) is 0 Å². The van der Waals surface area contributed by atoms with Gasteiger partial charge in [0, 0.05) is 22.9 Å². The van der Waals surface area contributed by atoms with Crippen LogP contribution in [-0.2, 0) is 4.79 Å². The van der Waals surface area contributed by atoms with Gasteiger partial charge in [0.25, 0.3) is 0 Å². The van der Waals surface area contributed by atoms with Crippen LogP contribution in [-0.4, -0.2) is 36.0 Å². The number of halogens is 1. The quantitative estimate of drug-likeness (QED) is 0.353. The SMILES string of the molecule is CC(C)CCOc1cccc2c1C(=O)c1c(OCCC(C)C)cc(NC(=O)CBr)cc1C2=O. The molecule has 1 aliphatic rings. The highest BCUT2D eigenvalue weighted by Crippen LogP contribution is 2.39. The van der Waals surface area contributed by atoms with Gasteiger partial charge in [0.15, 0.2) is 5.78 Å². The molecule has 0 aromatic heterocycles. The Balaban J connectivity index is 2.06. The minimum Gasteiger partial charge on any atom is -0.493 e. The molecule has 0 saturated heterocycles. The standard InChI is InChI=1S/C26H30BrNO5/c1-15(2)8-10-32-20-7-5-6-18-23(20)26(31)24-19(25(18)30)12-17(28-22(29)14-27)13-21(24)33-11-9-16(3)4/h5-7,12-13,15-16H,8-11,14H2,1-4H3,(H,28,29). The highest BCUT2D eigenvalue weighted by Gasteiger charge is 2.35. The lowest BCUT2D eigenvalue weighted by molar-refractivity contribution is -0.113. The summed E-state index contributed by atoms with van der Waals surface area (Å²) in [7, 11) is 0. The number of rotatable bonds is 10. The Bertz CT molecular complexity index is 1060. The van der Waals surface area contributed by atoms with E-state index in [0.717, 1.165) is 12.8 Å². The van der Waals surface area contributed by atoms with Crippen molar-refractivity contribution in [3.05, 3.63) is 52.6 Å². The molecule has 176 valence electrons. The Morgan fingerprint density at radius 3 is 2.09 bits per heavy atom. The molecule has 3 rings (SSSR count). The fourth-order valence-electron chi connectivity index (χ4n) is 3.56. The lowest BCUT2D eigenvalue weighted by Gasteiger charge is -2.23. The molecule has 6 nitrogen and oxygen atoms in total. The Hall–Kier alpha value is -2.67. The van der Waals surface area contributed by atoms with Crippen LogP contribution < -0.4 is 14.8 Å². The highest BCUT2D eigenvalue weighted by molar-refractivity contribution is 9.09. The molecule has 0 atom stereocenters. The summed E-state index contributed by atoms with van der Waals surface area (Å²) in [6.07, 6.45) is 1.62. The number of hydrogen-bond donors (Lipinski definition) is 1. The zero-order chi connectivity index (χ0) is 24.1. The van der Waals surface area contributed by atoms with Gasteiger partial charge in [0.2, 0.25) is 11.7 Å². The van der Waals surface area contributed by atoms with Gasteiger partial charge in [0.05, 0.1) is 29.7 Å². The van der Waals surface area contributed by atoms with Crippen LogP contribution in [0.5, 0.6) is 11.5 Å². The molecule has 33 heavy (non-hydrogen) atoms. The summed E-state index contributed by atoms with van der Waals surface area (Å²) in [5.41, 5.74) is 1.41. The van der Waals surface area contributed by atoms with E-state index in [9.17, 15) is 14.4 Å². The van der Waals surface area contributed by atoms with E-state index in [0.29, 0.717) is 47.8 Å². The van der Waals surface area contributed by atoms with Crippen LogP contribution in [0.15, 0.2) is 30.3 Å². The second-order valence-corrected chi connectivity index (χ2v) is 9.54. The van der Waals surface area contributed by atoms with Crippen molar-refractivity contribution in [3.63, 3.8) is 0 Å². The molecule has 7 heteroatoms. The molecule has 0 fully saturated rings. The average Bonchev–Trinajstić information content (AvgIpc) is 2.76. The summed E-state index contributed by atoms with van der Waals surface area (Å²) in [6, 6.07) is 8.23. The first-order valence-electron chi connectivity index (χ1n) is 11.2. The molecule has 0 unspecified atom stereocenters. The largest absolute Gasteiger partial charge is 0.493 e. The smallest absolute Gasteiger partial charge is 0.235 e. The molecule has 1 N–H and O–H groups in total. The Labute approximate surface area is 203 Å². The minimum absolute atomic E-state index is 0.112. The van der Waals surface area contributed by atoms with Crippen molar-refractivity contribution in [2.24, 2.45) is 11.8 Å². The topological polar surface area (TPSA) is 81.7 Å². The maximum atomic E-state index is 13.7. The number of carbonyl (C=O) groups excluding carboxylic acids is 3. The van der Waals surface area contributed by atoms with Gasteiger partial charge in [0.1, 0.15) is 11.5 Å². The number of hydrogen-bond acceptors (Lipinski definition) is 5. The first kappa shape index (κ1) is 25.0. The summed E-state index contributed by atoms with van der Waals surface area (Å²) < 4.78 is 11.9. The maximum Gasteiger partial charge on any atom is 0.235 e. The summed E-state index contributed by atoms with van der Waals surface area (Å²) >= 11 is 3.13. The van der Waals surface area contributed by atoms with Gasteiger partial charge < -0.3 is 14.8 Å². The zero-order valence-corrected chi connectivity index (χ0v) is 21.1. The molecule has 0 spiro atoms. The molecule has 0 heterocycles. The lowest BCUT2D eigenvalue weighted by atomic mass is 9.82. The third kappa shape index (κ3) is 5.82. The van der Waals surface area contributed by atoms with Gasteiger partial charge in [-0.05, 0) is 36.8 Å². The van der Waals surface area contributed by atoms with Gasteiger partial charge in [-0.3, -0.25) is 14.4 Å². The predicted molar refractivity (Wildman–Crippen MR) is 132 cm³/mol. The second-order valence-electron chi connectivity index (χ2n) is 8.98. The first-order chi connectivity index (χ1) is 15.7. The van der Waals surface area contributed by atoms with Crippen molar-refractivity contribution < 1.29 is 23.9 Å². The van der Waals surface area contributed by atoms with E-state index in [2.05, 4.69) is 48.9 Å². The van der Waals surface area contributed by atoms with E-state index in [1.165, 1.54) is 0 Å². The fraction of sp³-hybridized carbons (Fsp3) is 0.423. The van der Waals surface area contributed by atoms with Crippen molar-refractivity contribution in [2.45, 2.75) is 40.5 Å². The Morgan fingerprint density at radius 2 is 1.48 bits per heavy atom. The monoisotopic (exact) mass is 515 g/mol. The fourth-order valence-corrected chi connectivity index (χ4v) is 3.70. The number of carbonyl (C=O) groups is 3. The van der Waals surface area contributed by atoms with Crippen molar-refractivity contribution in [3.8, 4) is 11.5 Å². The van der Waals surface area contributed by atoms with Crippen LogP contribution in [0, 0.1) is 11.8 Å². The molecular formula is C26H30BrNO5. The maximum absolute atomic E-state index is 13.7. The van der Waals surface area contributed by atoms with E-state index >= 15 is 0 Å². The molecule has 2 aromatic rings. The molecule has 1 amide bonds. The predicted octanol–water partition coefficient (Wildman–Crippen LogP) is 5.65. The molecule has 0 saturated carbocycles. The lowest BCUT2D eigenvalue weighted by Crippen LogP contribution is -2.24. The van der Waals surface area contributed by atoms with Gasteiger partial charge in [-0.15, -0.1) is 0 Å². The molecule has 2 aromatic carbocycles. The molecule has 0 bridgehead atoms. The number of anilines is 1. The van der Waals surface area contributed by atoms with Crippen molar-refractivity contribution >= 4 is 39.1 Å². The Morgan fingerprint density at radius 1 is 0.879 bits per heavy atom. The van der Waals surface area contributed by atoms with Crippen molar-refractivity contribution in [1.29, 1.82) is 0 Å². The van der Waals surface area contributed by atoms with E-state index < -0.39 is 0 Å². The number of fused-ring (bicyclic) bond motifs is 2. The van der Waals surface area contributed by atoms with E-state index in [-0.39, 0.29) is 39.5 Å².